The van der Waals surface area contributed by atoms with E-state index in [2.05, 4.69) is 4.90 Å². The van der Waals surface area contributed by atoms with E-state index >= 15 is 0 Å². The van der Waals surface area contributed by atoms with Gasteiger partial charge in [-0.25, -0.2) is 12.4 Å². The number of carbonyl (C=O) groups excluding carboxylic acids is 1. The van der Waals surface area contributed by atoms with Crippen LogP contribution < -0.4 is 0 Å². The fraction of sp³-hybridized carbons (Fsp3) is 0.400. The van der Waals surface area contributed by atoms with E-state index in [1.54, 1.807) is 39.2 Å². The molecule has 2 heterocycles. The van der Waals surface area contributed by atoms with Gasteiger partial charge in [0.05, 0.1) is 16.0 Å². The summed E-state index contributed by atoms with van der Waals surface area (Å²) in [6.07, 6.45) is -2.47. The van der Waals surface area contributed by atoms with Gasteiger partial charge >= 0.3 is 6.18 Å². The van der Waals surface area contributed by atoms with Crippen LogP contribution in [-0.2, 0) is 16.2 Å². The Labute approximate surface area is 238 Å². The maximum absolute atomic E-state index is 14.5. The van der Waals surface area contributed by atoms with Crippen molar-refractivity contribution in [1.82, 2.24) is 13.8 Å². The van der Waals surface area contributed by atoms with Crippen LogP contribution in [0.1, 0.15) is 59.8 Å². The van der Waals surface area contributed by atoms with E-state index in [0.717, 1.165) is 11.6 Å². The van der Waals surface area contributed by atoms with Crippen LogP contribution in [0.4, 0.5) is 13.2 Å². The molecule has 218 valence electrons. The summed E-state index contributed by atoms with van der Waals surface area (Å²) >= 11 is 0. The van der Waals surface area contributed by atoms with Gasteiger partial charge in [0.15, 0.2) is 0 Å². The van der Waals surface area contributed by atoms with Crippen LogP contribution in [0, 0.1) is 18.3 Å². The number of benzene rings is 2. The molecule has 0 atom stereocenters. The molecule has 0 N–H and O–H groups in total. The van der Waals surface area contributed by atoms with Crippen molar-refractivity contribution in [2.24, 2.45) is 0 Å². The number of halogens is 3. The number of nitrogens with zero attached hydrogens (tertiary/aromatic N) is 4. The number of hydrogen-bond acceptors (Lipinski definition) is 6. The molecule has 7 nitrogen and oxygen atoms in total. The van der Waals surface area contributed by atoms with E-state index in [9.17, 15) is 31.6 Å². The summed E-state index contributed by atoms with van der Waals surface area (Å²) in [5, 5.41) is 9.85. The average molecular weight is 587 g/mol. The van der Waals surface area contributed by atoms with Gasteiger partial charge in [0.25, 0.3) is 10.0 Å². The zero-order chi connectivity index (χ0) is 30.3. The monoisotopic (exact) mass is 586 g/mol. The quantitative estimate of drug-likeness (QED) is 0.193. The zero-order valence-electron chi connectivity index (χ0n) is 23.7. The molecule has 0 spiro atoms. The molecule has 41 heavy (non-hydrogen) atoms. The number of aryl methyl sites for hydroxylation is 1. The Balaban J connectivity index is 2.00. The Hall–Kier alpha value is -3.62. The number of alkyl halides is 3. The average Bonchev–Trinajstić information content (AvgIpc) is 3.30. The summed E-state index contributed by atoms with van der Waals surface area (Å²) in [6, 6.07) is 11.4. The van der Waals surface area contributed by atoms with Crippen molar-refractivity contribution in [3.63, 3.8) is 0 Å². The zero-order valence-corrected chi connectivity index (χ0v) is 24.5. The minimum Gasteiger partial charge on any atom is -0.382 e. The molecule has 1 saturated heterocycles. The lowest BCUT2D eigenvalue weighted by molar-refractivity contribution is -0.138. The van der Waals surface area contributed by atoms with Crippen molar-refractivity contribution >= 4 is 26.7 Å². The minimum atomic E-state index is -4.76. The highest BCUT2D eigenvalue weighted by Crippen LogP contribution is 2.42. The lowest BCUT2D eigenvalue weighted by atomic mass is 9.85. The fourth-order valence-electron chi connectivity index (χ4n) is 5.33. The Morgan fingerprint density at radius 1 is 1.10 bits per heavy atom. The number of fused-ring (bicyclic) bond motifs is 1. The summed E-state index contributed by atoms with van der Waals surface area (Å²) in [5.74, 6) is -1.29. The lowest BCUT2D eigenvalue weighted by Gasteiger charge is -2.35. The number of allylic oxidation sites excluding steroid dienone is 1. The number of likely N-dealkylation sites (tertiary alicyclic amines) is 1. The highest BCUT2D eigenvalue weighted by molar-refractivity contribution is 7.90. The number of Topliss-reactive ketones (excluding diaryl/α,β-unsaturated/α-hetero) is 1. The van der Waals surface area contributed by atoms with Crippen LogP contribution in [-0.4, -0.2) is 61.2 Å². The van der Waals surface area contributed by atoms with Gasteiger partial charge in [-0.1, -0.05) is 17.7 Å². The fourth-order valence-corrected chi connectivity index (χ4v) is 6.83. The molecule has 11 heteroatoms. The number of aromatic nitrogens is 1. The number of nitriles is 1. The van der Waals surface area contributed by atoms with Gasteiger partial charge in [-0.3, -0.25) is 4.79 Å². The third-order valence-electron chi connectivity index (χ3n) is 7.48. The first-order valence-corrected chi connectivity index (χ1v) is 14.7. The highest BCUT2D eigenvalue weighted by Gasteiger charge is 2.38. The first-order chi connectivity index (χ1) is 19.1. The van der Waals surface area contributed by atoms with Gasteiger partial charge in [0.2, 0.25) is 5.78 Å². The Morgan fingerprint density at radius 2 is 1.71 bits per heavy atom. The van der Waals surface area contributed by atoms with Crippen molar-refractivity contribution < 1.29 is 26.4 Å². The van der Waals surface area contributed by atoms with Crippen molar-refractivity contribution in [3.8, 4) is 6.07 Å². The van der Waals surface area contributed by atoms with Gasteiger partial charge in [-0.05, 0) is 88.5 Å². The lowest BCUT2D eigenvalue weighted by Crippen LogP contribution is -2.38. The van der Waals surface area contributed by atoms with Crippen LogP contribution in [0.3, 0.4) is 0 Å². The standard InChI is InChI=1S/C30H33F3N4O3S/c1-19(2)36-12-10-21(11-13-36)25-14-22-15-28(29(38)23(17-34)18-35(4)5)37(27(22)16-26(25)30(31,32)33)41(39,40)24-8-6-20(3)7-9-24/h6-9,14-16,18-19,21H,10-13H2,1-5H3/b23-18-. The maximum atomic E-state index is 14.5. The second-order valence-corrected chi connectivity index (χ2v) is 12.7. The number of ketones is 1. The summed E-state index contributed by atoms with van der Waals surface area (Å²) in [5.41, 5.74) is -1.08. The van der Waals surface area contributed by atoms with Gasteiger partial charge in [0.1, 0.15) is 17.3 Å². The predicted octanol–water partition coefficient (Wildman–Crippen LogP) is 5.95. The Bertz CT molecular complexity index is 1640. The molecule has 0 unspecified atom stereocenters. The third kappa shape index (κ3) is 6.04. The van der Waals surface area contributed by atoms with Gasteiger partial charge in [0, 0.05) is 31.7 Å². The van der Waals surface area contributed by atoms with Crippen LogP contribution in [0.2, 0.25) is 0 Å². The van der Waals surface area contributed by atoms with Gasteiger partial charge < -0.3 is 9.80 Å². The summed E-state index contributed by atoms with van der Waals surface area (Å²) in [7, 11) is -1.34. The second-order valence-electron chi connectivity index (χ2n) is 11.0. The van der Waals surface area contributed by atoms with Crippen LogP contribution >= 0.6 is 0 Å². The highest BCUT2D eigenvalue weighted by atomic mass is 32.2. The van der Waals surface area contributed by atoms with Gasteiger partial charge in [-0.2, -0.15) is 18.4 Å². The summed E-state index contributed by atoms with van der Waals surface area (Å²) < 4.78 is 72.1. The van der Waals surface area contributed by atoms with E-state index in [4.69, 9.17) is 0 Å². The maximum Gasteiger partial charge on any atom is 0.416 e. The molecule has 4 rings (SSSR count). The minimum absolute atomic E-state index is 0.0848. The smallest absolute Gasteiger partial charge is 0.382 e. The molecule has 0 aliphatic carbocycles. The van der Waals surface area contributed by atoms with E-state index in [1.165, 1.54) is 35.4 Å². The molecule has 1 aliphatic rings. The van der Waals surface area contributed by atoms with Crippen molar-refractivity contribution in [3.05, 3.63) is 76.6 Å². The largest absolute Gasteiger partial charge is 0.416 e. The molecular weight excluding hydrogens is 553 g/mol. The molecule has 1 aromatic heterocycles. The normalized spacial score (nSPS) is 15.9. The second kappa shape index (κ2) is 11.3. The topological polar surface area (TPSA) is 86.4 Å². The molecular formula is C30H33F3N4O3S. The van der Waals surface area contributed by atoms with Crippen LogP contribution in [0.5, 0.6) is 0 Å². The molecule has 1 aliphatic heterocycles. The SMILES string of the molecule is Cc1ccc(S(=O)(=O)n2c(C(=O)/C(C#N)=C\N(C)C)cc3cc(C4CCN(C(C)C)CC4)c(C(F)(F)F)cc32)cc1. The molecule has 0 saturated carbocycles. The number of rotatable bonds is 7. The number of hydrogen-bond donors (Lipinski definition) is 0. The number of piperidine rings is 1. The van der Waals surface area contributed by atoms with E-state index in [0.29, 0.717) is 29.9 Å². The molecule has 3 aromatic rings. The van der Waals surface area contributed by atoms with E-state index < -0.39 is 33.2 Å². The third-order valence-corrected chi connectivity index (χ3v) is 9.22. The Morgan fingerprint density at radius 3 is 2.22 bits per heavy atom. The summed E-state index contributed by atoms with van der Waals surface area (Å²) in [4.78, 5) is 17.1. The van der Waals surface area contributed by atoms with Crippen LogP contribution in [0.15, 0.2) is 59.1 Å². The molecule has 0 radical (unpaired) electrons. The number of carbonyl (C=O) groups is 1. The Kier molecular flexibility index (Phi) is 8.39. The predicted molar refractivity (Wildman–Crippen MR) is 151 cm³/mol. The van der Waals surface area contributed by atoms with Crippen molar-refractivity contribution in [2.75, 3.05) is 27.2 Å². The molecule has 0 bridgehead atoms. The summed E-state index contributed by atoms with van der Waals surface area (Å²) in [6.45, 7) is 7.15. The molecule has 1 fully saturated rings. The van der Waals surface area contributed by atoms with Crippen LogP contribution in [0.25, 0.3) is 10.9 Å². The van der Waals surface area contributed by atoms with Crippen molar-refractivity contribution in [2.45, 2.75) is 56.6 Å². The first kappa shape index (κ1) is 30.3. The van der Waals surface area contributed by atoms with E-state index in [-0.39, 0.29) is 38.9 Å². The molecule has 2 aromatic carbocycles. The first-order valence-electron chi connectivity index (χ1n) is 13.3. The van der Waals surface area contributed by atoms with Gasteiger partial charge in [-0.15, -0.1) is 0 Å². The molecule has 0 amide bonds. The van der Waals surface area contributed by atoms with E-state index in [1.807, 2.05) is 13.8 Å². The van der Waals surface area contributed by atoms with Crippen molar-refractivity contribution in [1.29, 1.82) is 5.26 Å².